The fourth-order valence-electron chi connectivity index (χ4n) is 4.44. The lowest BCUT2D eigenvalue weighted by Crippen LogP contribution is -2.35. The number of anilines is 4. The van der Waals surface area contributed by atoms with E-state index in [2.05, 4.69) is 25.2 Å². The van der Waals surface area contributed by atoms with E-state index in [-0.39, 0.29) is 36.4 Å². The number of aromatic nitrogens is 1. The predicted octanol–water partition coefficient (Wildman–Crippen LogP) is 5.14. The number of hydrogen-bond acceptors (Lipinski definition) is 8. The minimum Gasteiger partial charge on any atom is -0.493 e. The number of aliphatic hydroxyl groups is 1. The minimum absolute atomic E-state index is 0.0567. The molecular formula is C25H32F3N5O3S. The second kappa shape index (κ2) is 11.7. The highest BCUT2D eigenvalue weighted by Gasteiger charge is 2.44. The zero-order chi connectivity index (χ0) is 26.5. The summed E-state index contributed by atoms with van der Waals surface area (Å²) in [7, 11) is 1.40. The van der Waals surface area contributed by atoms with E-state index < -0.39 is 12.6 Å². The van der Waals surface area contributed by atoms with Gasteiger partial charge in [-0.15, -0.1) is 0 Å². The van der Waals surface area contributed by atoms with Crippen LogP contribution >= 0.6 is 11.9 Å². The summed E-state index contributed by atoms with van der Waals surface area (Å²) in [6.07, 6.45) is -0.582. The van der Waals surface area contributed by atoms with Gasteiger partial charge in [0.1, 0.15) is 5.82 Å². The van der Waals surface area contributed by atoms with Crippen molar-refractivity contribution in [2.45, 2.75) is 38.3 Å². The third kappa shape index (κ3) is 7.35. The topological polar surface area (TPSA) is 98.8 Å². The van der Waals surface area contributed by atoms with Gasteiger partial charge in [-0.25, -0.2) is 4.98 Å². The molecule has 0 radical (unpaired) electrons. The number of methoxy groups -OCH3 is 1. The van der Waals surface area contributed by atoms with E-state index in [0.29, 0.717) is 16.7 Å². The SMILES string of the molecule is COc1ccc(NC(=O)c2ccc(NSCCO)cc2N2CCC3(CC2)CC3)nc1NCCC(F)(F)F. The number of pyridine rings is 1. The molecule has 2 heterocycles. The molecule has 1 aliphatic heterocycles. The summed E-state index contributed by atoms with van der Waals surface area (Å²) >= 11 is 1.38. The number of aliphatic hydroxyl groups excluding tert-OH is 1. The van der Waals surface area contributed by atoms with Crippen LogP contribution in [-0.2, 0) is 0 Å². The molecule has 0 unspecified atom stereocenters. The molecule has 1 aliphatic carbocycles. The lowest BCUT2D eigenvalue weighted by molar-refractivity contribution is -0.131. The van der Waals surface area contributed by atoms with E-state index in [1.807, 2.05) is 6.07 Å². The van der Waals surface area contributed by atoms with Crippen molar-refractivity contribution in [2.75, 3.05) is 59.4 Å². The van der Waals surface area contributed by atoms with Crippen LogP contribution in [0, 0.1) is 5.41 Å². The molecule has 202 valence electrons. The first-order chi connectivity index (χ1) is 17.7. The Kier molecular flexibility index (Phi) is 8.58. The highest BCUT2D eigenvalue weighted by Crippen LogP contribution is 2.54. The molecule has 4 N–H and O–H groups in total. The van der Waals surface area contributed by atoms with Crippen molar-refractivity contribution in [3.8, 4) is 5.75 Å². The Bertz CT molecular complexity index is 1090. The number of piperidine rings is 1. The van der Waals surface area contributed by atoms with E-state index in [4.69, 9.17) is 9.84 Å². The van der Waals surface area contributed by atoms with Gasteiger partial charge in [0.15, 0.2) is 11.6 Å². The molecule has 1 aromatic carbocycles. The molecule has 1 amide bonds. The Hall–Kier alpha value is -2.86. The number of benzene rings is 1. The van der Waals surface area contributed by atoms with Crippen LogP contribution in [0.25, 0.3) is 0 Å². The van der Waals surface area contributed by atoms with Crippen molar-refractivity contribution in [1.82, 2.24) is 4.98 Å². The first kappa shape index (κ1) is 27.2. The van der Waals surface area contributed by atoms with Gasteiger partial charge in [0.2, 0.25) is 0 Å². The summed E-state index contributed by atoms with van der Waals surface area (Å²) in [6, 6.07) is 8.59. The second-order valence-corrected chi connectivity index (χ2v) is 10.3. The third-order valence-electron chi connectivity index (χ3n) is 6.77. The van der Waals surface area contributed by atoms with E-state index in [0.717, 1.165) is 37.3 Å². The Morgan fingerprint density at radius 3 is 2.59 bits per heavy atom. The van der Waals surface area contributed by atoms with Crippen LogP contribution in [0.2, 0.25) is 0 Å². The van der Waals surface area contributed by atoms with Gasteiger partial charge in [0, 0.05) is 31.1 Å². The van der Waals surface area contributed by atoms with Crippen LogP contribution in [0.5, 0.6) is 5.75 Å². The van der Waals surface area contributed by atoms with Gasteiger partial charge >= 0.3 is 6.18 Å². The highest BCUT2D eigenvalue weighted by atomic mass is 32.2. The number of carbonyl (C=O) groups excluding carboxylic acids is 1. The minimum atomic E-state index is -4.30. The van der Waals surface area contributed by atoms with Gasteiger partial charge in [0.25, 0.3) is 5.91 Å². The zero-order valence-electron chi connectivity index (χ0n) is 20.7. The van der Waals surface area contributed by atoms with E-state index in [1.54, 1.807) is 24.3 Å². The number of ether oxygens (including phenoxy) is 1. The summed E-state index contributed by atoms with van der Waals surface area (Å²) in [5.41, 5.74) is 2.60. The molecule has 12 heteroatoms. The van der Waals surface area contributed by atoms with Gasteiger partial charge in [-0.3, -0.25) is 4.79 Å². The van der Waals surface area contributed by atoms with Crippen molar-refractivity contribution in [1.29, 1.82) is 0 Å². The molecule has 1 spiro atoms. The normalized spacial score (nSPS) is 16.4. The summed E-state index contributed by atoms with van der Waals surface area (Å²) in [5, 5.41) is 14.5. The first-order valence-electron chi connectivity index (χ1n) is 12.3. The first-order valence-corrected chi connectivity index (χ1v) is 13.3. The molecule has 8 nitrogen and oxygen atoms in total. The number of amides is 1. The molecule has 2 fully saturated rings. The Morgan fingerprint density at radius 2 is 1.95 bits per heavy atom. The average Bonchev–Trinajstić information content (AvgIpc) is 3.62. The summed E-state index contributed by atoms with van der Waals surface area (Å²) < 4.78 is 46.1. The lowest BCUT2D eigenvalue weighted by Gasteiger charge is -2.35. The molecule has 1 aromatic heterocycles. The number of rotatable bonds is 11. The number of hydrogen-bond donors (Lipinski definition) is 4. The fourth-order valence-corrected chi connectivity index (χ4v) is 4.93. The van der Waals surface area contributed by atoms with Crippen LogP contribution in [0.1, 0.15) is 42.5 Å². The Balaban J connectivity index is 1.51. The van der Waals surface area contributed by atoms with Crippen molar-refractivity contribution in [2.24, 2.45) is 5.41 Å². The van der Waals surface area contributed by atoms with Crippen molar-refractivity contribution in [3.63, 3.8) is 0 Å². The molecule has 0 bridgehead atoms. The summed E-state index contributed by atoms with van der Waals surface area (Å²) in [4.78, 5) is 19.9. The van der Waals surface area contributed by atoms with Crippen molar-refractivity contribution >= 4 is 40.9 Å². The Morgan fingerprint density at radius 1 is 1.19 bits per heavy atom. The predicted molar refractivity (Wildman–Crippen MR) is 141 cm³/mol. The Labute approximate surface area is 218 Å². The number of nitrogens with one attached hydrogen (secondary N) is 3. The largest absolute Gasteiger partial charge is 0.493 e. The van der Waals surface area contributed by atoms with Crippen molar-refractivity contribution < 1.29 is 27.8 Å². The van der Waals surface area contributed by atoms with Crippen LogP contribution < -0.4 is 25.0 Å². The maximum absolute atomic E-state index is 13.4. The van der Waals surface area contributed by atoms with Gasteiger partial charge in [0.05, 0.1) is 31.4 Å². The van der Waals surface area contributed by atoms with Crippen LogP contribution in [0.15, 0.2) is 30.3 Å². The van der Waals surface area contributed by atoms with Crippen molar-refractivity contribution in [3.05, 3.63) is 35.9 Å². The summed E-state index contributed by atoms with van der Waals surface area (Å²) in [6.45, 7) is 1.41. The number of carbonyl (C=O) groups is 1. The maximum Gasteiger partial charge on any atom is 0.390 e. The zero-order valence-corrected chi connectivity index (χ0v) is 21.5. The number of halogens is 3. The fraction of sp³-hybridized carbons (Fsp3) is 0.520. The summed E-state index contributed by atoms with van der Waals surface area (Å²) in [5.74, 6) is 0.763. The monoisotopic (exact) mass is 539 g/mol. The molecule has 2 aliphatic rings. The van der Waals surface area contributed by atoms with Gasteiger partial charge in [-0.1, -0.05) is 11.9 Å². The van der Waals surface area contributed by atoms with Gasteiger partial charge < -0.3 is 30.1 Å². The number of nitrogens with zero attached hydrogens (tertiary/aromatic N) is 2. The standard InChI is InChI=1S/C25H32F3N5O3S/c1-36-20-4-5-21(30-22(20)29-11-8-25(26,27)28)31-23(35)18-3-2-17(32-37-15-14-34)16-19(18)33-12-9-24(6-7-24)10-13-33/h2-5,16,32,34H,6-15H2,1H3,(H2,29,30,31,35). The molecule has 1 saturated heterocycles. The maximum atomic E-state index is 13.4. The van der Waals surface area contributed by atoms with Gasteiger partial charge in [-0.2, -0.15) is 13.2 Å². The molecular weight excluding hydrogens is 507 g/mol. The molecule has 37 heavy (non-hydrogen) atoms. The van der Waals surface area contributed by atoms with E-state index >= 15 is 0 Å². The number of alkyl halides is 3. The van der Waals surface area contributed by atoms with Crippen LogP contribution in [0.3, 0.4) is 0 Å². The second-order valence-electron chi connectivity index (χ2n) is 9.39. The lowest BCUT2D eigenvalue weighted by atomic mass is 9.93. The highest BCUT2D eigenvalue weighted by molar-refractivity contribution is 8.00. The molecule has 0 atom stereocenters. The smallest absolute Gasteiger partial charge is 0.390 e. The van der Waals surface area contributed by atoms with Gasteiger partial charge in [-0.05, 0) is 61.4 Å². The van der Waals surface area contributed by atoms with Crippen LogP contribution in [0.4, 0.5) is 36.2 Å². The quantitative estimate of drug-likeness (QED) is 0.230. The average molecular weight is 540 g/mol. The molecule has 4 rings (SSSR count). The van der Waals surface area contributed by atoms with E-state index in [1.165, 1.54) is 31.9 Å². The van der Waals surface area contributed by atoms with E-state index in [9.17, 15) is 18.0 Å². The molecule has 2 aromatic rings. The van der Waals surface area contributed by atoms with Crippen LogP contribution in [-0.4, -0.2) is 61.3 Å². The third-order valence-corrected chi connectivity index (χ3v) is 7.54. The molecule has 1 saturated carbocycles.